The van der Waals surface area contributed by atoms with Gasteiger partial charge in [0.15, 0.2) is 0 Å². The van der Waals surface area contributed by atoms with E-state index in [1.165, 1.54) is 21.3 Å². The molecule has 0 aromatic rings. The van der Waals surface area contributed by atoms with Gasteiger partial charge < -0.3 is 14.2 Å². The lowest BCUT2D eigenvalue weighted by Crippen LogP contribution is -2.23. The van der Waals surface area contributed by atoms with Gasteiger partial charge in [-0.25, -0.2) is 0 Å². The number of allylic oxidation sites excluding steroid dienone is 1. The molecule has 0 aromatic carbocycles. The molecule has 5 nitrogen and oxygen atoms in total. The normalized spacial score (nSPS) is 12.9. The van der Waals surface area contributed by atoms with Crippen LogP contribution in [0.25, 0.3) is 0 Å². The average molecular weight is 230 g/mol. The van der Waals surface area contributed by atoms with Gasteiger partial charge in [-0.15, -0.1) is 0 Å². The second-order valence-electron chi connectivity index (χ2n) is 3.07. The predicted octanol–water partition coefficient (Wildman–Crippen LogP) is 1.28. The Morgan fingerprint density at radius 2 is 1.75 bits per heavy atom. The van der Waals surface area contributed by atoms with Gasteiger partial charge in [-0.05, 0) is 12.5 Å². The van der Waals surface area contributed by atoms with Gasteiger partial charge in [0.1, 0.15) is 11.7 Å². The highest BCUT2D eigenvalue weighted by molar-refractivity contribution is 5.82. The fraction of sp³-hybridized carbons (Fsp3) is 0.636. The van der Waals surface area contributed by atoms with Crippen LogP contribution in [0.15, 0.2) is 11.8 Å². The Morgan fingerprint density at radius 1 is 1.12 bits per heavy atom. The van der Waals surface area contributed by atoms with Crippen molar-refractivity contribution in [2.24, 2.45) is 5.92 Å². The summed E-state index contributed by atoms with van der Waals surface area (Å²) in [5, 5.41) is 0. The van der Waals surface area contributed by atoms with Gasteiger partial charge in [0.2, 0.25) is 0 Å². The molecule has 0 aliphatic carbocycles. The minimum Gasteiger partial charge on any atom is -0.501 e. The molecule has 0 saturated carbocycles. The number of ether oxygens (including phenoxy) is 3. The number of rotatable bonds is 6. The van der Waals surface area contributed by atoms with Crippen LogP contribution in [0.4, 0.5) is 0 Å². The summed E-state index contributed by atoms with van der Waals surface area (Å²) in [6.45, 7) is 1.91. The molecule has 0 amide bonds. The maximum atomic E-state index is 11.5. The van der Waals surface area contributed by atoms with Crippen molar-refractivity contribution in [3.05, 3.63) is 11.8 Å². The summed E-state index contributed by atoms with van der Waals surface area (Å²) in [4.78, 5) is 22.6. The summed E-state index contributed by atoms with van der Waals surface area (Å²) in [5.41, 5.74) is 0. The monoisotopic (exact) mass is 230 g/mol. The number of esters is 2. The number of methoxy groups -OCH3 is 3. The van der Waals surface area contributed by atoms with Crippen LogP contribution in [0.5, 0.6) is 0 Å². The van der Waals surface area contributed by atoms with E-state index in [2.05, 4.69) is 9.47 Å². The van der Waals surface area contributed by atoms with E-state index in [-0.39, 0.29) is 6.42 Å². The minimum absolute atomic E-state index is 0.0805. The first kappa shape index (κ1) is 14.5. The van der Waals surface area contributed by atoms with Crippen LogP contribution < -0.4 is 0 Å². The van der Waals surface area contributed by atoms with Crippen LogP contribution >= 0.6 is 0 Å². The molecule has 0 aromatic heterocycles. The Kier molecular flexibility index (Phi) is 7.00. The third-order valence-electron chi connectivity index (χ3n) is 2.07. The van der Waals surface area contributed by atoms with E-state index in [1.54, 1.807) is 6.08 Å². The molecule has 0 saturated heterocycles. The van der Waals surface area contributed by atoms with Gasteiger partial charge in [0.25, 0.3) is 0 Å². The van der Waals surface area contributed by atoms with Crippen molar-refractivity contribution in [1.82, 2.24) is 0 Å². The highest BCUT2D eigenvalue weighted by Crippen LogP contribution is 2.19. The predicted molar refractivity (Wildman–Crippen MR) is 57.5 cm³/mol. The van der Waals surface area contributed by atoms with Gasteiger partial charge >= 0.3 is 11.9 Å². The molecule has 5 heteroatoms. The Hall–Kier alpha value is -1.52. The number of hydrogen-bond donors (Lipinski definition) is 0. The second kappa shape index (κ2) is 7.73. The van der Waals surface area contributed by atoms with Gasteiger partial charge in [-0.2, -0.15) is 0 Å². The highest BCUT2D eigenvalue weighted by atomic mass is 16.5. The molecule has 16 heavy (non-hydrogen) atoms. The van der Waals surface area contributed by atoms with Gasteiger partial charge in [-0.1, -0.05) is 6.92 Å². The molecule has 1 unspecified atom stereocenters. The molecule has 0 fully saturated rings. The first-order chi connectivity index (χ1) is 7.60. The largest absolute Gasteiger partial charge is 0.501 e. The molecule has 0 bridgehead atoms. The van der Waals surface area contributed by atoms with Gasteiger partial charge in [0, 0.05) is 0 Å². The van der Waals surface area contributed by atoms with E-state index >= 15 is 0 Å². The van der Waals surface area contributed by atoms with Crippen LogP contribution in [0.1, 0.15) is 19.8 Å². The molecule has 1 atom stereocenters. The van der Waals surface area contributed by atoms with Crippen molar-refractivity contribution in [3.63, 3.8) is 0 Å². The molecular formula is C11H18O5. The second-order valence-corrected chi connectivity index (χ2v) is 3.07. The maximum absolute atomic E-state index is 11.5. The Labute approximate surface area is 95.4 Å². The minimum atomic E-state index is -0.734. The Balaban J connectivity index is 4.84. The van der Waals surface area contributed by atoms with Crippen molar-refractivity contribution in [1.29, 1.82) is 0 Å². The summed E-state index contributed by atoms with van der Waals surface area (Å²) in [6, 6.07) is 0. The standard InChI is InChI=1S/C11H18O5/c1-5-6-9(14-2)8(11(13)16-4)7-10(12)15-3/h6,8H,5,7H2,1-4H3. The smallest absolute Gasteiger partial charge is 0.316 e. The van der Waals surface area contributed by atoms with E-state index in [9.17, 15) is 9.59 Å². The topological polar surface area (TPSA) is 61.8 Å². The Bertz CT molecular complexity index is 270. The van der Waals surface area contributed by atoms with E-state index in [0.29, 0.717) is 12.2 Å². The average Bonchev–Trinajstić information content (AvgIpc) is 2.32. The Morgan fingerprint density at radius 3 is 2.12 bits per heavy atom. The van der Waals surface area contributed by atoms with Crippen molar-refractivity contribution in [3.8, 4) is 0 Å². The van der Waals surface area contributed by atoms with Crippen LogP contribution in [0.3, 0.4) is 0 Å². The fourth-order valence-electron chi connectivity index (χ4n) is 1.26. The quantitative estimate of drug-likeness (QED) is 0.508. The summed E-state index contributed by atoms with van der Waals surface area (Å²) in [6.07, 6.45) is 2.37. The van der Waals surface area contributed by atoms with Crippen molar-refractivity contribution < 1.29 is 23.8 Å². The first-order valence-corrected chi connectivity index (χ1v) is 4.99. The van der Waals surface area contributed by atoms with Crippen LogP contribution in [0.2, 0.25) is 0 Å². The number of hydrogen-bond acceptors (Lipinski definition) is 5. The zero-order chi connectivity index (χ0) is 12.6. The third kappa shape index (κ3) is 4.33. The van der Waals surface area contributed by atoms with Crippen molar-refractivity contribution in [2.45, 2.75) is 19.8 Å². The molecule has 92 valence electrons. The van der Waals surface area contributed by atoms with Gasteiger partial charge in [-0.3, -0.25) is 9.59 Å². The molecule has 0 spiro atoms. The molecule has 0 N–H and O–H groups in total. The van der Waals surface area contributed by atoms with E-state index in [1.807, 2.05) is 6.92 Å². The lowest BCUT2D eigenvalue weighted by molar-refractivity contribution is -0.151. The summed E-state index contributed by atoms with van der Waals surface area (Å²) < 4.78 is 14.2. The zero-order valence-corrected chi connectivity index (χ0v) is 10.1. The highest BCUT2D eigenvalue weighted by Gasteiger charge is 2.27. The molecular weight excluding hydrogens is 212 g/mol. The van der Waals surface area contributed by atoms with Crippen LogP contribution in [-0.4, -0.2) is 33.3 Å². The maximum Gasteiger partial charge on any atom is 0.316 e. The van der Waals surface area contributed by atoms with Crippen molar-refractivity contribution >= 4 is 11.9 Å². The van der Waals surface area contributed by atoms with Crippen LogP contribution in [0, 0.1) is 5.92 Å². The first-order valence-electron chi connectivity index (χ1n) is 4.99. The zero-order valence-electron chi connectivity index (χ0n) is 10.1. The SMILES string of the molecule is CCC=C(OC)C(CC(=O)OC)C(=O)OC. The van der Waals surface area contributed by atoms with E-state index in [4.69, 9.17) is 4.74 Å². The van der Waals surface area contributed by atoms with E-state index in [0.717, 1.165) is 0 Å². The molecule has 0 radical (unpaired) electrons. The van der Waals surface area contributed by atoms with Gasteiger partial charge in [0.05, 0.1) is 27.8 Å². The summed E-state index contributed by atoms with van der Waals surface area (Å²) >= 11 is 0. The van der Waals surface area contributed by atoms with Crippen molar-refractivity contribution in [2.75, 3.05) is 21.3 Å². The lowest BCUT2D eigenvalue weighted by atomic mass is 10.0. The molecule has 0 aliphatic rings. The van der Waals surface area contributed by atoms with Crippen LogP contribution in [-0.2, 0) is 23.8 Å². The number of carbonyl (C=O) groups excluding carboxylic acids is 2. The third-order valence-corrected chi connectivity index (χ3v) is 2.07. The van der Waals surface area contributed by atoms with E-state index < -0.39 is 17.9 Å². The summed E-state index contributed by atoms with van der Waals surface area (Å²) in [5.74, 6) is -1.29. The fourth-order valence-corrected chi connectivity index (χ4v) is 1.26. The lowest BCUT2D eigenvalue weighted by Gasteiger charge is -2.16. The molecule has 0 rings (SSSR count). The molecule has 0 heterocycles. The summed E-state index contributed by atoms with van der Waals surface area (Å²) in [7, 11) is 3.99. The number of carbonyl (C=O) groups is 2. The molecule has 0 aliphatic heterocycles.